The molecule has 1 saturated carbocycles. The molecule has 0 bridgehead atoms. The Morgan fingerprint density at radius 2 is 2.14 bits per heavy atom. The van der Waals surface area contributed by atoms with Gasteiger partial charge in [-0.2, -0.15) is 0 Å². The number of benzene rings is 1. The van der Waals surface area contributed by atoms with Crippen LogP contribution in [0.2, 0.25) is 0 Å². The second-order valence-electron chi connectivity index (χ2n) is 6.09. The third-order valence-corrected chi connectivity index (χ3v) is 4.48. The van der Waals surface area contributed by atoms with Crippen molar-refractivity contribution in [2.75, 3.05) is 19.7 Å². The Morgan fingerprint density at radius 3 is 2.76 bits per heavy atom. The lowest BCUT2D eigenvalue weighted by Gasteiger charge is -2.34. The van der Waals surface area contributed by atoms with Gasteiger partial charge in [0.1, 0.15) is 6.10 Å². The molecule has 1 aromatic carbocycles. The zero-order valence-electron chi connectivity index (χ0n) is 12.6. The average molecular weight is 288 g/mol. The molecule has 1 amide bonds. The van der Waals surface area contributed by atoms with Gasteiger partial charge in [0.05, 0.1) is 6.61 Å². The van der Waals surface area contributed by atoms with Crippen LogP contribution >= 0.6 is 0 Å². The molecule has 3 rings (SSSR count). The lowest BCUT2D eigenvalue weighted by Crippen LogP contribution is -2.51. The van der Waals surface area contributed by atoms with Crippen molar-refractivity contribution in [1.29, 1.82) is 0 Å². The number of nitrogens with one attached hydrogen (secondary N) is 1. The fourth-order valence-corrected chi connectivity index (χ4v) is 2.94. The van der Waals surface area contributed by atoms with Crippen LogP contribution in [0, 0.1) is 5.92 Å². The minimum absolute atomic E-state index is 0.130. The maximum atomic E-state index is 12.8. The fourth-order valence-electron chi connectivity index (χ4n) is 2.94. The van der Waals surface area contributed by atoms with E-state index in [-0.39, 0.29) is 12.0 Å². The highest BCUT2D eigenvalue weighted by molar-refractivity contribution is 5.81. The molecular formula is C17H24N2O2. The number of ether oxygens (including phenoxy) is 1. The van der Waals surface area contributed by atoms with Crippen LogP contribution in [-0.4, -0.2) is 42.6 Å². The molecule has 0 spiro atoms. The van der Waals surface area contributed by atoms with Crippen LogP contribution in [0.3, 0.4) is 0 Å². The molecule has 1 saturated heterocycles. The number of nitrogens with zero attached hydrogens (tertiary/aromatic N) is 1. The van der Waals surface area contributed by atoms with Crippen molar-refractivity contribution in [3.8, 4) is 0 Å². The molecule has 2 unspecified atom stereocenters. The first-order valence-electron chi connectivity index (χ1n) is 7.92. The summed E-state index contributed by atoms with van der Waals surface area (Å²) in [5.74, 6) is 0.791. The fraction of sp³-hybridized carbons (Fsp3) is 0.588. The summed E-state index contributed by atoms with van der Waals surface area (Å²) < 4.78 is 5.66. The molecule has 2 atom stereocenters. The smallest absolute Gasteiger partial charge is 0.253 e. The zero-order chi connectivity index (χ0) is 14.7. The van der Waals surface area contributed by atoms with Crippen LogP contribution < -0.4 is 5.32 Å². The molecular weight excluding hydrogens is 264 g/mol. The summed E-state index contributed by atoms with van der Waals surface area (Å²) in [5.41, 5.74) is 1.18. The van der Waals surface area contributed by atoms with E-state index >= 15 is 0 Å². The molecule has 0 radical (unpaired) electrons. The lowest BCUT2D eigenvalue weighted by atomic mass is 10.1. The van der Waals surface area contributed by atoms with E-state index in [4.69, 9.17) is 4.74 Å². The molecule has 1 aliphatic carbocycles. The highest BCUT2D eigenvalue weighted by atomic mass is 16.5. The van der Waals surface area contributed by atoms with Crippen LogP contribution in [0.15, 0.2) is 30.3 Å². The molecule has 4 heteroatoms. The molecule has 2 aliphatic rings. The highest BCUT2D eigenvalue weighted by Gasteiger charge is 2.37. The van der Waals surface area contributed by atoms with Gasteiger partial charge in [-0.3, -0.25) is 4.79 Å². The van der Waals surface area contributed by atoms with Gasteiger partial charge in [0.25, 0.3) is 5.91 Å². The molecule has 21 heavy (non-hydrogen) atoms. The first-order chi connectivity index (χ1) is 10.3. The summed E-state index contributed by atoms with van der Waals surface area (Å²) in [6.07, 6.45) is 2.15. The second-order valence-corrected chi connectivity index (χ2v) is 6.09. The first kappa shape index (κ1) is 14.5. The van der Waals surface area contributed by atoms with Gasteiger partial charge in [0.15, 0.2) is 0 Å². The molecule has 114 valence electrons. The van der Waals surface area contributed by atoms with Gasteiger partial charge in [-0.25, -0.2) is 0 Å². The minimum atomic E-state index is -0.330. The van der Waals surface area contributed by atoms with Crippen molar-refractivity contribution in [3.63, 3.8) is 0 Å². The molecule has 1 aliphatic heterocycles. The third kappa shape index (κ3) is 3.63. The standard InChI is InChI=1S/C17H24N2O2/c1-13(15-7-8-15)19(12-14-5-3-2-4-6-14)17(20)16-11-18-9-10-21-16/h2-6,13,15-16,18H,7-12H2,1H3. The lowest BCUT2D eigenvalue weighted by molar-refractivity contribution is -0.148. The van der Waals surface area contributed by atoms with Crippen molar-refractivity contribution >= 4 is 5.91 Å². The van der Waals surface area contributed by atoms with Crippen LogP contribution in [-0.2, 0) is 16.1 Å². The van der Waals surface area contributed by atoms with Crippen LogP contribution in [0.25, 0.3) is 0 Å². The predicted molar refractivity (Wildman–Crippen MR) is 81.8 cm³/mol. The van der Waals surface area contributed by atoms with E-state index in [9.17, 15) is 4.79 Å². The Hall–Kier alpha value is -1.39. The summed E-state index contributed by atoms with van der Waals surface area (Å²) in [6.45, 7) is 4.93. The number of hydrogen-bond donors (Lipinski definition) is 1. The molecule has 1 N–H and O–H groups in total. The Labute approximate surface area is 126 Å². The number of rotatable bonds is 5. The largest absolute Gasteiger partial charge is 0.366 e. The van der Waals surface area contributed by atoms with E-state index in [0.29, 0.717) is 31.7 Å². The molecule has 1 heterocycles. The van der Waals surface area contributed by atoms with Gasteiger partial charge in [-0.15, -0.1) is 0 Å². The maximum Gasteiger partial charge on any atom is 0.253 e. The summed E-state index contributed by atoms with van der Waals surface area (Å²) in [6, 6.07) is 10.5. The second kappa shape index (κ2) is 6.58. The van der Waals surface area contributed by atoms with Crippen molar-refractivity contribution in [2.45, 2.75) is 38.5 Å². The third-order valence-electron chi connectivity index (χ3n) is 4.48. The maximum absolute atomic E-state index is 12.8. The Bertz CT molecular complexity index is 467. The molecule has 2 fully saturated rings. The number of carbonyl (C=O) groups excluding carboxylic acids is 1. The van der Waals surface area contributed by atoms with Crippen molar-refractivity contribution in [1.82, 2.24) is 10.2 Å². The topological polar surface area (TPSA) is 41.6 Å². The van der Waals surface area contributed by atoms with Gasteiger partial charge in [-0.1, -0.05) is 30.3 Å². The van der Waals surface area contributed by atoms with Crippen molar-refractivity contribution < 1.29 is 9.53 Å². The normalized spacial score (nSPS) is 23.6. The van der Waals surface area contributed by atoms with E-state index in [1.54, 1.807) is 0 Å². The van der Waals surface area contributed by atoms with Crippen molar-refractivity contribution in [2.24, 2.45) is 5.92 Å². The molecule has 4 nitrogen and oxygen atoms in total. The van der Waals surface area contributed by atoms with Gasteiger partial charge >= 0.3 is 0 Å². The highest BCUT2D eigenvalue weighted by Crippen LogP contribution is 2.36. The van der Waals surface area contributed by atoms with Gasteiger partial charge < -0.3 is 15.0 Å². The first-order valence-corrected chi connectivity index (χ1v) is 7.92. The number of morpholine rings is 1. The minimum Gasteiger partial charge on any atom is -0.366 e. The van der Waals surface area contributed by atoms with E-state index in [0.717, 1.165) is 6.54 Å². The van der Waals surface area contributed by atoms with Crippen LogP contribution in [0.4, 0.5) is 0 Å². The number of carbonyl (C=O) groups is 1. The van der Waals surface area contributed by atoms with Crippen LogP contribution in [0.1, 0.15) is 25.3 Å². The van der Waals surface area contributed by atoms with E-state index in [1.165, 1.54) is 18.4 Å². The monoisotopic (exact) mass is 288 g/mol. The Morgan fingerprint density at radius 1 is 1.38 bits per heavy atom. The average Bonchev–Trinajstić information content (AvgIpc) is 3.38. The Kier molecular flexibility index (Phi) is 4.56. The van der Waals surface area contributed by atoms with E-state index in [2.05, 4.69) is 24.4 Å². The van der Waals surface area contributed by atoms with Gasteiger partial charge in [-0.05, 0) is 31.2 Å². The molecule has 1 aromatic rings. The summed E-state index contributed by atoms with van der Waals surface area (Å²) in [7, 11) is 0. The van der Waals surface area contributed by atoms with E-state index < -0.39 is 0 Å². The SMILES string of the molecule is CC(C1CC1)N(Cc1ccccc1)C(=O)C1CNCCO1. The molecule has 0 aromatic heterocycles. The van der Waals surface area contributed by atoms with Crippen LogP contribution in [0.5, 0.6) is 0 Å². The van der Waals surface area contributed by atoms with Crippen molar-refractivity contribution in [3.05, 3.63) is 35.9 Å². The Balaban J connectivity index is 1.73. The van der Waals surface area contributed by atoms with Gasteiger partial charge in [0, 0.05) is 25.7 Å². The predicted octanol–water partition coefficient (Wildman–Crippen LogP) is 1.80. The zero-order valence-corrected chi connectivity index (χ0v) is 12.6. The summed E-state index contributed by atoms with van der Waals surface area (Å²) >= 11 is 0. The number of hydrogen-bond acceptors (Lipinski definition) is 3. The number of amides is 1. The van der Waals surface area contributed by atoms with E-state index in [1.807, 2.05) is 23.1 Å². The summed E-state index contributed by atoms with van der Waals surface area (Å²) in [5, 5.41) is 3.25. The quantitative estimate of drug-likeness (QED) is 0.898. The summed E-state index contributed by atoms with van der Waals surface area (Å²) in [4.78, 5) is 14.9. The van der Waals surface area contributed by atoms with Gasteiger partial charge in [0.2, 0.25) is 0 Å².